The van der Waals surface area contributed by atoms with E-state index in [2.05, 4.69) is 4.74 Å². The average Bonchev–Trinajstić information content (AvgIpc) is 2.15. The van der Waals surface area contributed by atoms with Gasteiger partial charge < -0.3 is 15.6 Å². The summed E-state index contributed by atoms with van der Waals surface area (Å²) >= 11 is 0. The second kappa shape index (κ2) is 4.43. The fraction of sp³-hybridized carbons (Fsp3) is 0.100. The lowest BCUT2D eigenvalue weighted by Gasteiger charge is -2.03. The highest BCUT2D eigenvalue weighted by Crippen LogP contribution is 2.13. The first-order chi connectivity index (χ1) is 7.40. The molecular weight excluding hydrogens is 214 g/mol. The summed E-state index contributed by atoms with van der Waals surface area (Å²) in [5, 5.41) is 8.72. The second-order valence-electron chi connectivity index (χ2n) is 3.03. The van der Waals surface area contributed by atoms with Gasteiger partial charge >= 0.3 is 17.9 Å². The van der Waals surface area contributed by atoms with Crippen LogP contribution in [0.25, 0.3) is 0 Å². The lowest BCUT2D eigenvalue weighted by atomic mass is 10.1. The largest absolute Gasteiger partial charge is 0.478 e. The number of carboxylic acids is 1. The van der Waals surface area contributed by atoms with Crippen LogP contribution in [0.5, 0.6) is 0 Å². The maximum absolute atomic E-state index is 11.3. The number of anilines is 1. The Balaban J connectivity index is 3.09. The van der Waals surface area contributed by atoms with Gasteiger partial charge in [0, 0.05) is 12.6 Å². The van der Waals surface area contributed by atoms with Crippen molar-refractivity contribution in [1.82, 2.24) is 0 Å². The maximum atomic E-state index is 11.3. The van der Waals surface area contributed by atoms with Crippen LogP contribution in [0.3, 0.4) is 0 Å². The first-order valence-corrected chi connectivity index (χ1v) is 4.26. The van der Waals surface area contributed by atoms with Gasteiger partial charge in [0.05, 0.1) is 11.1 Å². The molecular formula is C10H9NO5. The Bertz CT molecular complexity index is 466. The molecule has 0 aromatic heterocycles. The topological polar surface area (TPSA) is 107 Å². The Kier molecular flexibility index (Phi) is 3.24. The number of benzene rings is 1. The fourth-order valence-electron chi connectivity index (χ4n) is 1.08. The Morgan fingerprint density at radius 1 is 1.19 bits per heavy atom. The van der Waals surface area contributed by atoms with Crippen LogP contribution in [-0.2, 0) is 9.53 Å². The van der Waals surface area contributed by atoms with Gasteiger partial charge in [0.2, 0.25) is 0 Å². The normalized spacial score (nSPS) is 9.56. The zero-order chi connectivity index (χ0) is 12.3. The number of nitrogens with two attached hydrogens (primary N) is 1. The molecule has 0 aliphatic carbocycles. The van der Waals surface area contributed by atoms with Crippen molar-refractivity contribution in [3.05, 3.63) is 29.3 Å². The highest BCUT2D eigenvalue weighted by molar-refractivity contribution is 5.99. The summed E-state index contributed by atoms with van der Waals surface area (Å²) in [5.41, 5.74) is 5.30. The van der Waals surface area contributed by atoms with E-state index >= 15 is 0 Å². The molecule has 3 N–H and O–H groups in total. The van der Waals surface area contributed by atoms with Crippen LogP contribution in [0.4, 0.5) is 5.69 Å². The molecule has 0 aliphatic heterocycles. The third-order valence-electron chi connectivity index (χ3n) is 1.67. The monoisotopic (exact) mass is 223 g/mol. The molecule has 0 atom stereocenters. The van der Waals surface area contributed by atoms with Crippen LogP contribution in [0, 0.1) is 0 Å². The van der Waals surface area contributed by atoms with E-state index in [1.165, 1.54) is 12.1 Å². The Hall–Kier alpha value is -2.37. The molecule has 0 aliphatic rings. The van der Waals surface area contributed by atoms with Gasteiger partial charge in [0.1, 0.15) is 0 Å². The first kappa shape index (κ1) is 11.7. The highest BCUT2D eigenvalue weighted by atomic mass is 16.6. The number of carboxylic acid groups (broad SMARTS) is 1. The smallest absolute Gasteiger partial charge is 0.345 e. The lowest BCUT2D eigenvalue weighted by Crippen LogP contribution is -2.11. The van der Waals surface area contributed by atoms with Gasteiger partial charge in [-0.3, -0.25) is 4.79 Å². The minimum absolute atomic E-state index is 0.0763. The third-order valence-corrected chi connectivity index (χ3v) is 1.67. The molecule has 0 heterocycles. The summed E-state index contributed by atoms with van der Waals surface area (Å²) in [6.07, 6.45) is 0. The SMILES string of the molecule is CC(=O)OC(=O)c1cc(N)cc(C(=O)O)c1. The van der Waals surface area contributed by atoms with Crippen LogP contribution in [-0.4, -0.2) is 23.0 Å². The standard InChI is InChI=1S/C10H9NO5/c1-5(12)16-10(15)7-2-6(9(13)14)3-8(11)4-7/h2-4H,11H2,1H3,(H,13,14). The lowest BCUT2D eigenvalue weighted by molar-refractivity contribution is -0.135. The summed E-state index contributed by atoms with van der Waals surface area (Å²) in [6.45, 7) is 1.07. The number of aromatic carboxylic acids is 1. The Morgan fingerprint density at radius 2 is 1.75 bits per heavy atom. The molecule has 0 amide bonds. The van der Waals surface area contributed by atoms with Gasteiger partial charge in [-0.05, 0) is 18.2 Å². The van der Waals surface area contributed by atoms with Gasteiger partial charge in [-0.1, -0.05) is 0 Å². The number of esters is 2. The summed E-state index contributed by atoms with van der Waals surface area (Å²) in [4.78, 5) is 32.5. The van der Waals surface area contributed by atoms with Crippen molar-refractivity contribution in [1.29, 1.82) is 0 Å². The molecule has 1 rings (SSSR count). The fourth-order valence-corrected chi connectivity index (χ4v) is 1.08. The van der Waals surface area contributed by atoms with E-state index in [0.29, 0.717) is 0 Å². The molecule has 84 valence electrons. The zero-order valence-corrected chi connectivity index (χ0v) is 8.39. The van der Waals surface area contributed by atoms with E-state index in [4.69, 9.17) is 10.8 Å². The molecule has 16 heavy (non-hydrogen) atoms. The molecule has 6 nitrogen and oxygen atoms in total. The molecule has 0 saturated carbocycles. The molecule has 0 saturated heterocycles. The number of hydrogen-bond donors (Lipinski definition) is 2. The van der Waals surface area contributed by atoms with Crippen molar-refractivity contribution in [2.45, 2.75) is 6.92 Å². The Labute approximate surface area is 90.6 Å². The highest BCUT2D eigenvalue weighted by Gasteiger charge is 2.13. The minimum Gasteiger partial charge on any atom is -0.478 e. The van der Waals surface area contributed by atoms with Crippen molar-refractivity contribution < 1.29 is 24.2 Å². The van der Waals surface area contributed by atoms with Gasteiger partial charge in [-0.2, -0.15) is 0 Å². The molecule has 0 spiro atoms. The molecule has 0 bridgehead atoms. The zero-order valence-electron chi connectivity index (χ0n) is 8.39. The van der Waals surface area contributed by atoms with Crippen LogP contribution in [0.1, 0.15) is 27.6 Å². The van der Waals surface area contributed by atoms with Gasteiger partial charge in [-0.15, -0.1) is 0 Å². The second-order valence-corrected chi connectivity index (χ2v) is 3.03. The molecule has 1 aromatic carbocycles. The van der Waals surface area contributed by atoms with E-state index in [9.17, 15) is 14.4 Å². The molecule has 0 fully saturated rings. The van der Waals surface area contributed by atoms with Gasteiger partial charge in [0.15, 0.2) is 0 Å². The van der Waals surface area contributed by atoms with Gasteiger partial charge in [-0.25, -0.2) is 9.59 Å². The molecule has 0 radical (unpaired) electrons. The maximum Gasteiger partial charge on any atom is 0.345 e. The van der Waals surface area contributed by atoms with E-state index in [0.717, 1.165) is 13.0 Å². The third kappa shape index (κ3) is 2.81. The summed E-state index contributed by atoms with van der Waals surface area (Å²) in [5.74, 6) is -2.92. The first-order valence-electron chi connectivity index (χ1n) is 4.26. The van der Waals surface area contributed by atoms with E-state index in [1.54, 1.807) is 0 Å². The Morgan fingerprint density at radius 3 is 2.25 bits per heavy atom. The van der Waals surface area contributed by atoms with E-state index < -0.39 is 17.9 Å². The number of hydrogen-bond acceptors (Lipinski definition) is 5. The molecule has 6 heteroatoms. The van der Waals surface area contributed by atoms with Crippen molar-refractivity contribution in [2.75, 3.05) is 5.73 Å². The summed E-state index contributed by atoms with van der Waals surface area (Å²) < 4.78 is 4.30. The number of ether oxygens (including phenoxy) is 1. The number of carbonyl (C=O) groups excluding carboxylic acids is 2. The van der Waals surface area contributed by atoms with Crippen LogP contribution >= 0.6 is 0 Å². The van der Waals surface area contributed by atoms with Gasteiger partial charge in [0.25, 0.3) is 0 Å². The average molecular weight is 223 g/mol. The molecule has 1 aromatic rings. The minimum atomic E-state index is -1.22. The van der Waals surface area contributed by atoms with E-state index in [1.807, 2.05) is 0 Å². The predicted octanol–water partition coefficient (Wildman–Crippen LogP) is 0.670. The van der Waals surface area contributed by atoms with Crippen molar-refractivity contribution >= 4 is 23.6 Å². The quantitative estimate of drug-likeness (QED) is 0.433. The van der Waals surface area contributed by atoms with Crippen molar-refractivity contribution in [3.63, 3.8) is 0 Å². The predicted molar refractivity (Wildman–Crippen MR) is 53.9 cm³/mol. The van der Waals surface area contributed by atoms with E-state index in [-0.39, 0.29) is 16.8 Å². The molecule has 0 unspecified atom stereocenters. The summed E-state index contributed by atoms with van der Waals surface area (Å²) in [6, 6.07) is 3.52. The summed E-state index contributed by atoms with van der Waals surface area (Å²) in [7, 11) is 0. The van der Waals surface area contributed by atoms with Crippen LogP contribution < -0.4 is 5.73 Å². The van der Waals surface area contributed by atoms with Crippen molar-refractivity contribution in [3.8, 4) is 0 Å². The number of rotatable bonds is 2. The van der Waals surface area contributed by atoms with Crippen LogP contribution in [0.2, 0.25) is 0 Å². The number of nitrogen functional groups attached to an aromatic ring is 1. The number of carbonyl (C=O) groups is 3. The van der Waals surface area contributed by atoms with Crippen LogP contribution in [0.15, 0.2) is 18.2 Å². The van der Waals surface area contributed by atoms with Crippen molar-refractivity contribution in [2.24, 2.45) is 0 Å².